The highest BCUT2D eigenvalue weighted by molar-refractivity contribution is 7.99. The average Bonchev–Trinajstić information content (AvgIpc) is 2.74. The Hall–Kier alpha value is -1.84. The zero-order valence-electron chi connectivity index (χ0n) is 11.8. The molecule has 108 valence electrons. The summed E-state index contributed by atoms with van der Waals surface area (Å²) in [5.74, 6) is 1.81. The fourth-order valence-corrected chi connectivity index (χ4v) is 3.78. The molecule has 2 aromatic carbocycles. The van der Waals surface area contributed by atoms with Crippen molar-refractivity contribution in [2.45, 2.75) is 11.3 Å². The fraction of sp³-hybridized carbons (Fsp3) is 0.111. The second-order valence-corrected chi connectivity index (χ2v) is 6.74. The van der Waals surface area contributed by atoms with Crippen LogP contribution in [0.5, 0.6) is 0 Å². The number of nitrogens with zero attached hydrogens (tertiary/aromatic N) is 2. The van der Waals surface area contributed by atoms with Crippen molar-refractivity contribution in [3.8, 4) is 22.6 Å². The van der Waals surface area contributed by atoms with Gasteiger partial charge in [0.05, 0.1) is 5.69 Å². The van der Waals surface area contributed by atoms with Gasteiger partial charge in [-0.15, -0.1) is 11.8 Å². The average molecular weight is 325 g/mol. The van der Waals surface area contributed by atoms with Gasteiger partial charge in [-0.25, -0.2) is 9.97 Å². The molecule has 0 spiro atoms. The van der Waals surface area contributed by atoms with Crippen LogP contribution in [0.3, 0.4) is 0 Å². The Balaban J connectivity index is 1.88. The molecule has 0 amide bonds. The molecule has 4 rings (SSSR count). The van der Waals surface area contributed by atoms with Crippen molar-refractivity contribution in [3.63, 3.8) is 0 Å². The predicted octanol–water partition coefficient (Wildman–Crippen LogP) is 5.11. The van der Waals surface area contributed by atoms with Gasteiger partial charge in [0.1, 0.15) is 0 Å². The Bertz CT molecular complexity index is 831. The first-order chi connectivity index (χ1) is 10.8. The van der Waals surface area contributed by atoms with Crippen molar-refractivity contribution in [1.82, 2.24) is 9.97 Å². The predicted molar refractivity (Wildman–Crippen MR) is 92.3 cm³/mol. The van der Waals surface area contributed by atoms with Gasteiger partial charge in [-0.2, -0.15) is 0 Å². The Morgan fingerprint density at radius 1 is 1.00 bits per heavy atom. The van der Waals surface area contributed by atoms with Gasteiger partial charge >= 0.3 is 0 Å². The van der Waals surface area contributed by atoms with E-state index in [9.17, 15) is 0 Å². The third-order valence-corrected chi connectivity index (χ3v) is 5.07. The molecule has 0 saturated carbocycles. The van der Waals surface area contributed by atoms with Crippen LogP contribution in [0, 0.1) is 0 Å². The zero-order valence-corrected chi connectivity index (χ0v) is 13.4. The van der Waals surface area contributed by atoms with E-state index >= 15 is 0 Å². The number of rotatable bonds is 1. The molecular weight excluding hydrogens is 312 g/mol. The number of thioether (sulfide) groups is 1. The maximum Gasteiger partial charge on any atom is 0.159 e. The number of hydrogen-bond acceptors (Lipinski definition) is 3. The molecule has 0 fully saturated rings. The Kier molecular flexibility index (Phi) is 3.60. The number of aryl methyl sites for hydroxylation is 1. The van der Waals surface area contributed by atoms with Crippen LogP contribution in [-0.2, 0) is 6.42 Å². The van der Waals surface area contributed by atoms with Crippen LogP contribution in [-0.4, -0.2) is 15.7 Å². The summed E-state index contributed by atoms with van der Waals surface area (Å²) in [6.07, 6.45) is 2.96. The maximum atomic E-state index is 5.96. The van der Waals surface area contributed by atoms with Gasteiger partial charge in [0.15, 0.2) is 5.82 Å². The minimum absolute atomic E-state index is 0.722. The van der Waals surface area contributed by atoms with Crippen molar-refractivity contribution >= 4 is 23.4 Å². The summed E-state index contributed by atoms with van der Waals surface area (Å²) in [7, 11) is 0. The number of fused-ring (bicyclic) bond motifs is 3. The van der Waals surface area contributed by atoms with E-state index in [1.54, 1.807) is 0 Å². The highest BCUT2D eigenvalue weighted by Gasteiger charge is 2.17. The lowest BCUT2D eigenvalue weighted by Gasteiger charge is -2.09. The van der Waals surface area contributed by atoms with E-state index in [2.05, 4.69) is 29.2 Å². The van der Waals surface area contributed by atoms with E-state index in [1.807, 2.05) is 42.2 Å². The highest BCUT2D eigenvalue weighted by Crippen LogP contribution is 2.36. The summed E-state index contributed by atoms with van der Waals surface area (Å²) in [4.78, 5) is 10.7. The van der Waals surface area contributed by atoms with Crippen molar-refractivity contribution in [3.05, 3.63) is 65.3 Å². The van der Waals surface area contributed by atoms with Crippen LogP contribution in [0.25, 0.3) is 22.6 Å². The molecule has 0 atom stereocenters. The van der Waals surface area contributed by atoms with Gasteiger partial charge in [0.25, 0.3) is 0 Å². The summed E-state index contributed by atoms with van der Waals surface area (Å²) < 4.78 is 0. The monoisotopic (exact) mass is 324 g/mol. The molecule has 0 radical (unpaired) electrons. The molecule has 1 aromatic heterocycles. The molecule has 4 heteroatoms. The zero-order chi connectivity index (χ0) is 14.9. The Morgan fingerprint density at radius 2 is 1.82 bits per heavy atom. The normalized spacial score (nSPS) is 13.1. The summed E-state index contributed by atoms with van der Waals surface area (Å²) in [5, 5.41) is 0.722. The van der Waals surface area contributed by atoms with Gasteiger partial charge < -0.3 is 0 Å². The molecule has 2 nitrogen and oxygen atoms in total. The largest absolute Gasteiger partial charge is 0.236 e. The number of hydrogen-bond donors (Lipinski definition) is 0. The molecule has 1 aliphatic heterocycles. The summed E-state index contributed by atoms with van der Waals surface area (Å²) >= 11 is 7.84. The van der Waals surface area contributed by atoms with Gasteiger partial charge in [-0.1, -0.05) is 29.8 Å². The van der Waals surface area contributed by atoms with Gasteiger partial charge in [0, 0.05) is 33.0 Å². The lowest BCUT2D eigenvalue weighted by molar-refractivity contribution is 1.07. The molecule has 0 N–H and O–H groups in total. The van der Waals surface area contributed by atoms with E-state index in [4.69, 9.17) is 16.6 Å². The SMILES string of the molecule is Clc1ccc(-c2ncc3c(n2)-c2ccccc2SCC3)cc1. The molecule has 0 saturated heterocycles. The first kappa shape index (κ1) is 13.8. The molecule has 0 bridgehead atoms. The smallest absolute Gasteiger partial charge is 0.159 e. The van der Waals surface area contributed by atoms with Crippen molar-refractivity contribution in [1.29, 1.82) is 0 Å². The number of benzene rings is 2. The lowest BCUT2D eigenvalue weighted by atomic mass is 10.1. The summed E-state index contributed by atoms with van der Waals surface area (Å²) in [6.45, 7) is 0. The first-order valence-electron chi connectivity index (χ1n) is 7.15. The fourth-order valence-electron chi connectivity index (χ4n) is 2.62. The van der Waals surface area contributed by atoms with Crippen molar-refractivity contribution in [2.75, 3.05) is 5.75 Å². The lowest BCUT2D eigenvalue weighted by Crippen LogP contribution is -1.98. The molecule has 1 aliphatic rings. The maximum absolute atomic E-state index is 5.96. The van der Waals surface area contributed by atoms with Crippen LogP contribution < -0.4 is 0 Å². The molecule has 3 aromatic rings. The van der Waals surface area contributed by atoms with E-state index in [0.29, 0.717) is 0 Å². The standard InChI is InChI=1S/C18H13ClN2S/c19-14-7-5-12(6-8-14)18-20-11-13-9-10-22-16-4-2-1-3-15(16)17(13)21-18/h1-8,11H,9-10H2. The van der Waals surface area contributed by atoms with E-state index in [-0.39, 0.29) is 0 Å². The van der Waals surface area contributed by atoms with E-state index in [1.165, 1.54) is 16.0 Å². The third-order valence-electron chi connectivity index (χ3n) is 3.74. The first-order valence-corrected chi connectivity index (χ1v) is 8.52. The van der Waals surface area contributed by atoms with E-state index < -0.39 is 0 Å². The van der Waals surface area contributed by atoms with Crippen LogP contribution in [0.1, 0.15) is 5.56 Å². The van der Waals surface area contributed by atoms with Crippen molar-refractivity contribution in [2.24, 2.45) is 0 Å². The quantitative estimate of drug-likeness (QED) is 0.622. The van der Waals surface area contributed by atoms with Crippen LogP contribution in [0.15, 0.2) is 59.6 Å². The number of aromatic nitrogens is 2. The molecular formula is C18H13ClN2S. The minimum atomic E-state index is 0.722. The van der Waals surface area contributed by atoms with Gasteiger partial charge in [-0.3, -0.25) is 0 Å². The molecule has 2 heterocycles. The van der Waals surface area contributed by atoms with Crippen LogP contribution in [0.2, 0.25) is 5.02 Å². The Morgan fingerprint density at radius 3 is 2.68 bits per heavy atom. The minimum Gasteiger partial charge on any atom is -0.236 e. The summed E-state index contributed by atoms with van der Waals surface area (Å²) in [6, 6.07) is 16.1. The third kappa shape index (κ3) is 2.51. The second kappa shape index (κ2) is 5.75. The summed E-state index contributed by atoms with van der Waals surface area (Å²) in [5.41, 5.74) is 4.47. The van der Waals surface area contributed by atoms with Gasteiger partial charge in [-0.05, 0) is 42.3 Å². The highest BCUT2D eigenvalue weighted by atomic mass is 35.5. The van der Waals surface area contributed by atoms with Crippen molar-refractivity contribution < 1.29 is 0 Å². The van der Waals surface area contributed by atoms with Crippen LogP contribution >= 0.6 is 23.4 Å². The molecule has 22 heavy (non-hydrogen) atoms. The Labute approximate surface area is 138 Å². The molecule has 0 aliphatic carbocycles. The topological polar surface area (TPSA) is 25.8 Å². The molecule has 0 unspecified atom stereocenters. The van der Waals surface area contributed by atoms with E-state index in [0.717, 1.165) is 34.3 Å². The van der Waals surface area contributed by atoms with Crippen LogP contribution in [0.4, 0.5) is 0 Å². The second-order valence-electron chi connectivity index (χ2n) is 5.17. The number of halogens is 1. The van der Waals surface area contributed by atoms with Gasteiger partial charge in [0.2, 0.25) is 0 Å².